The summed E-state index contributed by atoms with van der Waals surface area (Å²) >= 11 is 0. The lowest BCUT2D eigenvalue weighted by atomic mass is 10.2. The Morgan fingerprint density at radius 1 is 1.33 bits per heavy atom. The zero-order valence-corrected chi connectivity index (χ0v) is 11.2. The second-order valence-electron chi connectivity index (χ2n) is 4.18. The standard InChI is InChI=1S/C15H23N3/c1-4-8-16-13-14-7-9-17-15(12-14)18(10-5-2)11-6-3/h5-7,9,12,16H,2-4,8,10-11,13H2,1H3. The molecule has 18 heavy (non-hydrogen) atoms. The van der Waals surface area contributed by atoms with Crippen LogP contribution in [0.3, 0.4) is 0 Å². The average molecular weight is 245 g/mol. The Balaban J connectivity index is 2.71. The molecule has 0 aliphatic carbocycles. The van der Waals surface area contributed by atoms with Crippen LogP contribution in [0.2, 0.25) is 0 Å². The van der Waals surface area contributed by atoms with E-state index in [1.807, 2.05) is 24.4 Å². The molecule has 0 spiro atoms. The van der Waals surface area contributed by atoms with Crippen molar-refractivity contribution in [2.45, 2.75) is 19.9 Å². The van der Waals surface area contributed by atoms with E-state index in [2.05, 4.69) is 41.3 Å². The van der Waals surface area contributed by atoms with Gasteiger partial charge in [0.25, 0.3) is 0 Å². The highest BCUT2D eigenvalue weighted by Crippen LogP contribution is 2.12. The van der Waals surface area contributed by atoms with Gasteiger partial charge >= 0.3 is 0 Å². The Morgan fingerprint density at radius 2 is 2.06 bits per heavy atom. The summed E-state index contributed by atoms with van der Waals surface area (Å²) in [7, 11) is 0. The van der Waals surface area contributed by atoms with Gasteiger partial charge in [0.2, 0.25) is 0 Å². The SMILES string of the molecule is C=CCN(CC=C)c1cc(CNCCC)ccn1. The van der Waals surface area contributed by atoms with Crippen molar-refractivity contribution in [2.75, 3.05) is 24.5 Å². The number of anilines is 1. The van der Waals surface area contributed by atoms with Crippen LogP contribution in [0.4, 0.5) is 5.82 Å². The topological polar surface area (TPSA) is 28.2 Å². The van der Waals surface area contributed by atoms with Crippen molar-refractivity contribution in [3.63, 3.8) is 0 Å². The summed E-state index contributed by atoms with van der Waals surface area (Å²) in [6, 6.07) is 4.17. The number of hydrogen-bond donors (Lipinski definition) is 1. The zero-order chi connectivity index (χ0) is 13.2. The summed E-state index contributed by atoms with van der Waals surface area (Å²) in [5.41, 5.74) is 1.26. The molecule has 0 aliphatic heterocycles. The average Bonchev–Trinajstić information content (AvgIpc) is 2.39. The van der Waals surface area contributed by atoms with Crippen LogP contribution in [-0.2, 0) is 6.54 Å². The number of nitrogens with one attached hydrogen (secondary N) is 1. The zero-order valence-electron chi connectivity index (χ0n) is 11.2. The highest BCUT2D eigenvalue weighted by atomic mass is 15.2. The van der Waals surface area contributed by atoms with Gasteiger partial charge in [-0.25, -0.2) is 4.98 Å². The molecule has 0 unspecified atom stereocenters. The van der Waals surface area contributed by atoms with Gasteiger partial charge in [-0.2, -0.15) is 0 Å². The Morgan fingerprint density at radius 3 is 2.67 bits per heavy atom. The lowest BCUT2D eigenvalue weighted by molar-refractivity contribution is 0.674. The first kappa shape index (κ1) is 14.5. The van der Waals surface area contributed by atoms with E-state index in [9.17, 15) is 0 Å². The van der Waals surface area contributed by atoms with Crippen LogP contribution in [0.25, 0.3) is 0 Å². The van der Waals surface area contributed by atoms with E-state index in [0.29, 0.717) is 0 Å². The van der Waals surface area contributed by atoms with E-state index in [1.54, 1.807) is 0 Å². The van der Waals surface area contributed by atoms with Gasteiger partial charge in [-0.3, -0.25) is 0 Å². The number of aromatic nitrogens is 1. The fourth-order valence-electron chi connectivity index (χ4n) is 1.73. The van der Waals surface area contributed by atoms with Crippen molar-refractivity contribution in [3.05, 3.63) is 49.2 Å². The highest BCUT2D eigenvalue weighted by molar-refractivity contribution is 5.42. The molecule has 1 heterocycles. The maximum absolute atomic E-state index is 4.41. The largest absolute Gasteiger partial charge is 0.349 e. The van der Waals surface area contributed by atoms with E-state index in [0.717, 1.165) is 38.4 Å². The van der Waals surface area contributed by atoms with Gasteiger partial charge in [-0.05, 0) is 30.7 Å². The quantitative estimate of drug-likeness (QED) is 0.535. The van der Waals surface area contributed by atoms with Gasteiger partial charge in [0.15, 0.2) is 0 Å². The van der Waals surface area contributed by atoms with Crippen LogP contribution < -0.4 is 10.2 Å². The summed E-state index contributed by atoms with van der Waals surface area (Å²) in [6.45, 7) is 13.2. The molecule has 3 heteroatoms. The highest BCUT2D eigenvalue weighted by Gasteiger charge is 2.04. The molecule has 0 radical (unpaired) electrons. The van der Waals surface area contributed by atoms with Crippen molar-refractivity contribution in [3.8, 4) is 0 Å². The fourth-order valence-corrected chi connectivity index (χ4v) is 1.73. The predicted molar refractivity (Wildman–Crippen MR) is 78.8 cm³/mol. The van der Waals surface area contributed by atoms with Gasteiger partial charge in [0, 0.05) is 25.8 Å². The maximum atomic E-state index is 4.41. The second-order valence-corrected chi connectivity index (χ2v) is 4.18. The monoisotopic (exact) mass is 245 g/mol. The van der Waals surface area contributed by atoms with Gasteiger partial charge in [-0.1, -0.05) is 19.1 Å². The lowest BCUT2D eigenvalue weighted by Gasteiger charge is -2.20. The van der Waals surface area contributed by atoms with Gasteiger partial charge in [0.05, 0.1) is 0 Å². The molecule has 0 bridgehead atoms. The molecule has 1 N–H and O–H groups in total. The molecule has 0 amide bonds. The Labute approximate surface area is 110 Å². The van der Waals surface area contributed by atoms with Crippen molar-refractivity contribution >= 4 is 5.82 Å². The number of nitrogens with zero attached hydrogens (tertiary/aromatic N) is 2. The molecule has 0 aromatic carbocycles. The van der Waals surface area contributed by atoms with Crippen molar-refractivity contribution in [1.82, 2.24) is 10.3 Å². The molecule has 0 saturated heterocycles. The third-order valence-electron chi connectivity index (χ3n) is 2.59. The van der Waals surface area contributed by atoms with E-state index in [-0.39, 0.29) is 0 Å². The Bertz CT molecular complexity index is 364. The normalized spacial score (nSPS) is 10.1. The summed E-state index contributed by atoms with van der Waals surface area (Å²) in [6.07, 6.45) is 6.77. The lowest BCUT2D eigenvalue weighted by Crippen LogP contribution is -2.24. The molecule has 1 rings (SSSR count). The van der Waals surface area contributed by atoms with Crippen molar-refractivity contribution in [2.24, 2.45) is 0 Å². The first-order valence-corrected chi connectivity index (χ1v) is 6.44. The fraction of sp³-hybridized carbons (Fsp3) is 0.400. The molecule has 98 valence electrons. The molecule has 1 aromatic rings. The van der Waals surface area contributed by atoms with E-state index in [1.165, 1.54) is 5.56 Å². The van der Waals surface area contributed by atoms with Crippen molar-refractivity contribution in [1.29, 1.82) is 0 Å². The Kier molecular flexibility index (Phi) is 6.81. The molecular formula is C15H23N3. The first-order chi connectivity index (χ1) is 8.81. The van der Waals surface area contributed by atoms with E-state index in [4.69, 9.17) is 0 Å². The number of pyridine rings is 1. The van der Waals surface area contributed by atoms with Crippen LogP contribution in [0.1, 0.15) is 18.9 Å². The summed E-state index contributed by atoms with van der Waals surface area (Å²) in [5, 5.41) is 3.39. The van der Waals surface area contributed by atoms with E-state index < -0.39 is 0 Å². The summed E-state index contributed by atoms with van der Waals surface area (Å²) < 4.78 is 0. The predicted octanol–water partition coefficient (Wildman–Crippen LogP) is 2.76. The summed E-state index contributed by atoms with van der Waals surface area (Å²) in [5.74, 6) is 0.977. The molecule has 0 aliphatic rings. The molecule has 3 nitrogen and oxygen atoms in total. The minimum Gasteiger partial charge on any atom is -0.349 e. The summed E-state index contributed by atoms with van der Waals surface area (Å²) in [4.78, 5) is 6.55. The van der Waals surface area contributed by atoms with Crippen LogP contribution >= 0.6 is 0 Å². The van der Waals surface area contributed by atoms with Crippen LogP contribution in [0, 0.1) is 0 Å². The van der Waals surface area contributed by atoms with Crippen LogP contribution in [0.5, 0.6) is 0 Å². The van der Waals surface area contributed by atoms with Gasteiger partial charge in [0.1, 0.15) is 5.82 Å². The van der Waals surface area contributed by atoms with Gasteiger partial charge in [-0.15, -0.1) is 13.2 Å². The minimum atomic E-state index is 0.783. The second kappa shape index (κ2) is 8.48. The molecule has 1 aromatic heterocycles. The smallest absolute Gasteiger partial charge is 0.129 e. The third-order valence-corrected chi connectivity index (χ3v) is 2.59. The molecule has 0 saturated carbocycles. The van der Waals surface area contributed by atoms with E-state index >= 15 is 0 Å². The number of hydrogen-bond acceptors (Lipinski definition) is 3. The third kappa shape index (κ3) is 4.72. The van der Waals surface area contributed by atoms with Crippen LogP contribution in [-0.4, -0.2) is 24.6 Å². The first-order valence-electron chi connectivity index (χ1n) is 6.44. The minimum absolute atomic E-state index is 0.783. The van der Waals surface area contributed by atoms with Crippen molar-refractivity contribution < 1.29 is 0 Å². The molecular weight excluding hydrogens is 222 g/mol. The molecule has 0 fully saturated rings. The Hall–Kier alpha value is -1.61. The van der Waals surface area contributed by atoms with Crippen LogP contribution in [0.15, 0.2) is 43.6 Å². The number of rotatable bonds is 9. The maximum Gasteiger partial charge on any atom is 0.129 e. The van der Waals surface area contributed by atoms with Gasteiger partial charge < -0.3 is 10.2 Å². The molecule has 0 atom stereocenters.